The lowest BCUT2D eigenvalue weighted by Gasteiger charge is -2.41. The molecule has 0 fully saturated rings. The minimum Gasteiger partial charge on any atom is -1.00 e. The van der Waals surface area contributed by atoms with Crippen molar-refractivity contribution in [2.75, 3.05) is 7.11 Å². The predicted molar refractivity (Wildman–Crippen MR) is 109 cm³/mol. The van der Waals surface area contributed by atoms with Crippen molar-refractivity contribution in [2.45, 2.75) is 32.2 Å². The summed E-state index contributed by atoms with van der Waals surface area (Å²) >= 11 is 0. The summed E-state index contributed by atoms with van der Waals surface area (Å²) in [6, 6.07) is 8.94. The largest absolute Gasteiger partial charge is 1.00 e. The van der Waals surface area contributed by atoms with E-state index in [0.717, 1.165) is 24.1 Å². The van der Waals surface area contributed by atoms with Gasteiger partial charge in [-0.1, -0.05) is 23.8 Å². The number of phenolic OH excluding ortho intramolecular Hbond substituents is 1. The maximum absolute atomic E-state index is 11.9. The van der Waals surface area contributed by atoms with Crippen LogP contribution in [0.4, 0.5) is 0 Å². The van der Waals surface area contributed by atoms with Gasteiger partial charge in [0.2, 0.25) is 11.1 Å². The van der Waals surface area contributed by atoms with Crippen molar-refractivity contribution in [1.82, 2.24) is 4.98 Å². The van der Waals surface area contributed by atoms with Gasteiger partial charge in [0.15, 0.2) is 17.7 Å². The molecule has 1 aromatic heterocycles. The van der Waals surface area contributed by atoms with Crippen molar-refractivity contribution >= 4 is 6.21 Å². The van der Waals surface area contributed by atoms with E-state index in [0.29, 0.717) is 11.3 Å². The Hall–Kier alpha value is -2.79. The number of para-hydroxylation sites is 1. The van der Waals surface area contributed by atoms with Crippen LogP contribution < -0.4 is 27.7 Å². The van der Waals surface area contributed by atoms with Gasteiger partial charge < -0.3 is 27.2 Å². The molecule has 0 spiro atoms. The number of aromatic nitrogens is 1. The Kier molecular flexibility index (Phi) is 5.71. The molecule has 0 amide bonds. The number of H-pyrrole nitrogens is 1. The molecule has 152 valence electrons. The summed E-state index contributed by atoms with van der Waals surface area (Å²) < 4.78 is 5.23. The Balaban J connectivity index is 0.00000240. The van der Waals surface area contributed by atoms with E-state index in [1.807, 2.05) is 24.4 Å². The highest BCUT2D eigenvalue weighted by atomic mass is 35.5. The van der Waals surface area contributed by atoms with Gasteiger partial charge in [0.1, 0.15) is 0 Å². The van der Waals surface area contributed by atoms with E-state index in [2.05, 4.69) is 36.0 Å². The molecular formula is C23H25ClN2O3. The number of phenols is 1. The van der Waals surface area contributed by atoms with Crippen LogP contribution in [0.15, 0.2) is 58.4 Å². The SMILES string of the molecule is CC=C1[C@H]2C=C(C)C[C@]1([NH+]=Cc1cccc(OC)c1O)c1ccc(=O)[nH]c1C2.[Cl-]. The van der Waals surface area contributed by atoms with Crippen LogP contribution >= 0.6 is 0 Å². The van der Waals surface area contributed by atoms with Gasteiger partial charge in [0.25, 0.3) is 0 Å². The van der Waals surface area contributed by atoms with Gasteiger partial charge in [-0.15, -0.1) is 0 Å². The quantitative estimate of drug-likeness (QED) is 0.445. The number of halogens is 1. The van der Waals surface area contributed by atoms with Crippen LogP contribution in [0.5, 0.6) is 11.5 Å². The monoisotopic (exact) mass is 412 g/mol. The molecule has 0 saturated heterocycles. The lowest BCUT2D eigenvalue weighted by Crippen LogP contribution is -3.00. The molecule has 4 rings (SSSR count). The van der Waals surface area contributed by atoms with Gasteiger partial charge in [-0.3, -0.25) is 4.79 Å². The van der Waals surface area contributed by atoms with Crippen LogP contribution in [0.2, 0.25) is 0 Å². The number of aromatic amines is 1. The molecule has 2 atom stereocenters. The highest BCUT2D eigenvalue weighted by Crippen LogP contribution is 2.46. The summed E-state index contributed by atoms with van der Waals surface area (Å²) in [5, 5.41) is 10.5. The van der Waals surface area contributed by atoms with E-state index in [9.17, 15) is 9.90 Å². The lowest BCUT2D eigenvalue weighted by molar-refractivity contribution is -0.549. The smallest absolute Gasteiger partial charge is 0.248 e. The van der Waals surface area contributed by atoms with Crippen LogP contribution in [-0.2, 0) is 12.0 Å². The number of hydrogen-bond donors (Lipinski definition) is 3. The molecule has 6 heteroatoms. The highest BCUT2D eigenvalue weighted by molar-refractivity contribution is 5.81. The maximum Gasteiger partial charge on any atom is 0.248 e. The molecule has 0 saturated carbocycles. The Morgan fingerprint density at radius 3 is 2.83 bits per heavy atom. The molecule has 0 aliphatic heterocycles. The third-order valence-corrected chi connectivity index (χ3v) is 5.84. The van der Waals surface area contributed by atoms with Crippen LogP contribution in [-0.4, -0.2) is 23.4 Å². The van der Waals surface area contributed by atoms with Crippen LogP contribution in [0.25, 0.3) is 0 Å². The van der Waals surface area contributed by atoms with Gasteiger partial charge in [0, 0.05) is 35.2 Å². The zero-order chi connectivity index (χ0) is 19.9. The number of benzene rings is 1. The number of rotatable bonds is 3. The molecule has 0 unspecified atom stereocenters. The fourth-order valence-electron chi connectivity index (χ4n) is 4.74. The van der Waals surface area contributed by atoms with E-state index in [1.54, 1.807) is 12.1 Å². The Labute approximate surface area is 176 Å². The zero-order valence-electron chi connectivity index (χ0n) is 16.8. The standard InChI is InChI=1S/C23H24N2O3.ClH/c1-4-17-16-10-14(2)12-23(17,18-8-9-21(26)25-19(18)11-16)24-13-15-6-5-7-20(28-3)22(15)27;/h4-10,13,16,27H,11-12H2,1-3H3,(H,25,26);1H/t16-,23+;/m0./s1. The summed E-state index contributed by atoms with van der Waals surface area (Å²) in [6.07, 6.45) is 7.90. The van der Waals surface area contributed by atoms with Gasteiger partial charge in [-0.05, 0) is 38.5 Å². The first kappa shape index (κ1) is 20.9. The third kappa shape index (κ3) is 3.40. The first-order valence-electron chi connectivity index (χ1n) is 9.52. The molecular weight excluding hydrogens is 388 g/mol. The van der Waals surface area contributed by atoms with Crippen molar-refractivity contribution in [3.05, 3.63) is 80.8 Å². The maximum atomic E-state index is 11.9. The number of hydrogen-bond acceptors (Lipinski definition) is 3. The van der Waals surface area contributed by atoms with Crippen molar-refractivity contribution in [2.24, 2.45) is 5.92 Å². The lowest BCUT2D eigenvalue weighted by atomic mass is 9.63. The minimum atomic E-state index is -0.453. The van der Waals surface area contributed by atoms with E-state index < -0.39 is 5.54 Å². The molecule has 1 aromatic carbocycles. The molecule has 2 aliphatic rings. The average molecular weight is 413 g/mol. The minimum absolute atomic E-state index is 0. The van der Waals surface area contributed by atoms with Crippen molar-refractivity contribution in [3.8, 4) is 11.5 Å². The second-order valence-electron chi connectivity index (χ2n) is 7.55. The highest BCUT2D eigenvalue weighted by Gasteiger charge is 2.51. The summed E-state index contributed by atoms with van der Waals surface area (Å²) in [4.78, 5) is 18.6. The number of ether oxygens (including phenoxy) is 1. The topological polar surface area (TPSA) is 76.3 Å². The molecule has 3 N–H and O–H groups in total. The van der Waals surface area contributed by atoms with Gasteiger partial charge >= 0.3 is 0 Å². The Morgan fingerprint density at radius 2 is 2.10 bits per heavy atom. The van der Waals surface area contributed by atoms with Gasteiger partial charge in [0.05, 0.1) is 12.7 Å². The fourth-order valence-corrected chi connectivity index (χ4v) is 4.74. The first-order valence-corrected chi connectivity index (χ1v) is 9.52. The zero-order valence-corrected chi connectivity index (χ0v) is 17.5. The van der Waals surface area contributed by atoms with Crippen LogP contribution in [0.1, 0.15) is 37.1 Å². The van der Waals surface area contributed by atoms with E-state index in [4.69, 9.17) is 4.74 Å². The predicted octanol–water partition coefficient (Wildman–Crippen LogP) is -1.04. The van der Waals surface area contributed by atoms with Crippen LogP contribution in [0.3, 0.4) is 0 Å². The van der Waals surface area contributed by atoms with Crippen LogP contribution in [0, 0.1) is 5.92 Å². The van der Waals surface area contributed by atoms with Gasteiger partial charge in [-0.25, -0.2) is 4.99 Å². The molecule has 1 heterocycles. The first-order chi connectivity index (χ1) is 13.5. The number of aromatic hydroxyl groups is 1. The van der Waals surface area contributed by atoms with E-state index in [-0.39, 0.29) is 29.6 Å². The molecule has 2 aliphatic carbocycles. The number of fused-ring (bicyclic) bond motifs is 4. The summed E-state index contributed by atoms with van der Waals surface area (Å²) in [7, 11) is 1.54. The normalized spacial score (nSPS) is 24.0. The molecule has 29 heavy (non-hydrogen) atoms. The van der Waals surface area contributed by atoms with E-state index in [1.165, 1.54) is 18.3 Å². The number of methoxy groups -OCH3 is 1. The summed E-state index contributed by atoms with van der Waals surface area (Å²) in [5.41, 5.74) is 4.78. The van der Waals surface area contributed by atoms with Crippen molar-refractivity contribution < 1.29 is 27.2 Å². The van der Waals surface area contributed by atoms with Crippen molar-refractivity contribution in [3.63, 3.8) is 0 Å². The van der Waals surface area contributed by atoms with Gasteiger partial charge in [-0.2, -0.15) is 0 Å². The summed E-state index contributed by atoms with van der Waals surface area (Å²) in [6.45, 7) is 4.21. The van der Waals surface area contributed by atoms with Crippen molar-refractivity contribution in [1.29, 1.82) is 0 Å². The fraction of sp³-hybridized carbons (Fsp3) is 0.304. The summed E-state index contributed by atoms with van der Waals surface area (Å²) in [5.74, 6) is 0.780. The number of allylic oxidation sites excluding steroid dienone is 2. The molecule has 0 radical (unpaired) electrons. The molecule has 2 aromatic rings. The second kappa shape index (κ2) is 7.91. The molecule has 5 nitrogen and oxygen atoms in total. The number of pyridine rings is 1. The Morgan fingerprint density at radius 1 is 1.31 bits per heavy atom. The third-order valence-electron chi connectivity index (χ3n) is 5.84. The van der Waals surface area contributed by atoms with E-state index >= 15 is 0 Å². The number of nitrogens with one attached hydrogen (secondary N) is 2. The Bertz CT molecular complexity index is 1080. The average Bonchev–Trinajstić information content (AvgIpc) is 2.66. The molecule has 2 bridgehead atoms. The second-order valence-corrected chi connectivity index (χ2v) is 7.55.